The first-order chi connectivity index (χ1) is 6.22. The number of amides is 1. The lowest BCUT2D eigenvalue weighted by molar-refractivity contribution is -0.119. The van der Waals surface area contributed by atoms with Crippen LogP contribution in [-0.2, 0) is 11.3 Å². The van der Waals surface area contributed by atoms with E-state index in [0.717, 1.165) is 10.5 Å². The summed E-state index contributed by atoms with van der Waals surface area (Å²) in [6, 6.07) is 7.76. The Morgan fingerprint density at radius 2 is 2.08 bits per heavy atom. The minimum Gasteiger partial charge on any atom is -0.352 e. The van der Waals surface area contributed by atoms with Gasteiger partial charge in [0.25, 0.3) is 0 Å². The fraction of sp³-hybridized carbons (Fsp3) is 0.222. The molecule has 1 aromatic rings. The monoisotopic (exact) mass is 196 g/mol. The number of rotatable bonds is 3. The molecule has 0 radical (unpaired) electrons. The van der Waals surface area contributed by atoms with E-state index in [2.05, 4.69) is 5.32 Å². The van der Waals surface area contributed by atoms with E-state index in [4.69, 9.17) is 5.14 Å². The second-order valence-corrected chi connectivity index (χ2v) is 3.38. The van der Waals surface area contributed by atoms with Crippen LogP contribution >= 0.6 is 11.9 Å². The van der Waals surface area contributed by atoms with Crippen molar-refractivity contribution >= 4 is 17.9 Å². The topological polar surface area (TPSA) is 55.1 Å². The lowest BCUT2D eigenvalue weighted by Crippen LogP contribution is -2.18. The molecule has 0 aromatic heterocycles. The SMILES string of the molecule is CC(=O)NCc1ccc(SN)cc1. The van der Waals surface area contributed by atoms with Gasteiger partial charge in [0.1, 0.15) is 0 Å². The van der Waals surface area contributed by atoms with Crippen molar-refractivity contribution in [2.75, 3.05) is 0 Å². The number of carbonyl (C=O) groups excluding carboxylic acids is 1. The molecule has 0 atom stereocenters. The summed E-state index contributed by atoms with van der Waals surface area (Å²) in [5.74, 6) is -0.0164. The van der Waals surface area contributed by atoms with Gasteiger partial charge in [0.15, 0.2) is 0 Å². The van der Waals surface area contributed by atoms with E-state index < -0.39 is 0 Å². The highest BCUT2D eigenvalue weighted by molar-refractivity contribution is 7.97. The second-order valence-electron chi connectivity index (χ2n) is 2.67. The van der Waals surface area contributed by atoms with Crippen LogP contribution in [0.4, 0.5) is 0 Å². The normalized spacial score (nSPS) is 9.69. The molecular weight excluding hydrogens is 184 g/mol. The quantitative estimate of drug-likeness (QED) is 0.716. The summed E-state index contributed by atoms with van der Waals surface area (Å²) in [6.45, 7) is 2.08. The number of nitrogens with one attached hydrogen (secondary N) is 1. The number of benzene rings is 1. The molecule has 0 spiro atoms. The average Bonchev–Trinajstić information content (AvgIpc) is 2.15. The fourth-order valence-electron chi connectivity index (χ4n) is 0.912. The molecule has 4 heteroatoms. The lowest BCUT2D eigenvalue weighted by atomic mass is 10.2. The predicted molar refractivity (Wildman–Crippen MR) is 54.0 cm³/mol. The van der Waals surface area contributed by atoms with E-state index in [9.17, 15) is 4.79 Å². The van der Waals surface area contributed by atoms with Gasteiger partial charge < -0.3 is 5.32 Å². The van der Waals surface area contributed by atoms with Gasteiger partial charge in [-0.15, -0.1) is 0 Å². The van der Waals surface area contributed by atoms with Crippen molar-refractivity contribution < 1.29 is 4.79 Å². The van der Waals surface area contributed by atoms with Crippen LogP contribution in [0.2, 0.25) is 0 Å². The smallest absolute Gasteiger partial charge is 0.217 e. The van der Waals surface area contributed by atoms with Gasteiger partial charge in [-0.1, -0.05) is 12.1 Å². The fourth-order valence-corrected chi connectivity index (χ4v) is 1.21. The van der Waals surface area contributed by atoms with Gasteiger partial charge in [-0.3, -0.25) is 9.93 Å². The maximum atomic E-state index is 10.6. The van der Waals surface area contributed by atoms with Crippen LogP contribution in [-0.4, -0.2) is 5.91 Å². The molecule has 0 unspecified atom stereocenters. The Morgan fingerprint density at radius 3 is 2.54 bits per heavy atom. The third-order valence-corrected chi connectivity index (χ3v) is 2.15. The standard InChI is InChI=1S/C9H12N2OS/c1-7(12)11-6-8-2-4-9(13-10)5-3-8/h2-5H,6,10H2,1H3,(H,11,12). The number of hydrogen-bond donors (Lipinski definition) is 2. The van der Waals surface area contributed by atoms with E-state index in [0.29, 0.717) is 6.54 Å². The van der Waals surface area contributed by atoms with Gasteiger partial charge >= 0.3 is 0 Å². The zero-order chi connectivity index (χ0) is 9.68. The lowest BCUT2D eigenvalue weighted by Gasteiger charge is -2.02. The molecule has 0 aliphatic heterocycles. The Hall–Kier alpha value is -1.00. The largest absolute Gasteiger partial charge is 0.352 e. The van der Waals surface area contributed by atoms with Crippen LogP contribution < -0.4 is 10.5 Å². The first kappa shape index (κ1) is 10.1. The van der Waals surface area contributed by atoms with E-state index in [1.165, 1.54) is 18.9 Å². The molecule has 70 valence electrons. The van der Waals surface area contributed by atoms with Crippen molar-refractivity contribution in [2.24, 2.45) is 5.14 Å². The molecule has 0 fully saturated rings. The van der Waals surface area contributed by atoms with Crippen LogP contribution in [0.25, 0.3) is 0 Å². The highest BCUT2D eigenvalue weighted by Crippen LogP contribution is 2.11. The zero-order valence-corrected chi connectivity index (χ0v) is 8.23. The van der Waals surface area contributed by atoms with E-state index >= 15 is 0 Å². The molecule has 0 saturated heterocycles. The maximum absolute atomic E-state index is 10.6. The number of hydrogen-bond acceptors (Lipinski definition) is 3. The van der Waals surface area contributed by atoms with Crippen LogP contribution in [0.5, 0.6) is 0 Å². The minimum absolute atomic E-state index is 0.0164. The Balaban J connectivity index is 2.54. The predicted octanol–water partition coefficient (Wildman–Crippen LogP) is 1.29. The summed E-state index contributed by atoms with van der Waals surface area (Å²) in [6.07, 6.45) is 0. The average molecular weight is 196 g/mol. The summed E-state index contributed by atoms with van der Waals surface area (Å²) in [7, 11) is 0. The molecular formula is C9H12N2OS. The van der Waals surface area contributed by atoms with E-state index in [1.807, 2.05) is 24.3 Å². The summed E-state index contributed by atoms with van der Waals surface area (Å²) < 4.78 is 0. The molecule has 0 heterocycles. The van der Waals surface area contributed by atoms with Crippen LogP contribution in [0, 0.1) is 0 Å². The molecule has 1 aromatic carbocycles. The third kappa shape index (κ3) is 3.48. The highest BCUT2D eigenvalue weighted by atomic mass is 32.2. The van der Waals surface area contributed by atoms with Crippen LogP contribution in [0.1, 0.15) is 12.5 Å². The maximum Gasteiger partial charge on any atom is 0.217 e. The molecule has 0 bridgehead atoms. The Kier molecular flexibility index (Phi) is 3.79. The number of carbonyl (C=O) groups is 1. The molecule has 3 nitrogen and oxygen atoms in total. The zero-order valence-electron chi connectivity index (χ0n) is 7.41. The van der Waals surface area contributed by atoms with Crippen molar-refractivity contribution in [3.05, 3.63) is 29.8 Å². The van der Waals surface area contributed by atoms with E-state index in [1.54, 1.807) is 0 Å². The first-order valence-corrected chi connectivity index (χ1v) is 4.80. The summed E-state index contributed by atoms with van der Waals surface area (Å²) in [5, 5.41) is 8.09. The number of nitrogens with two attached hydrogens (primary N) is 1. The van der Waals surface area contributed by atoms with E-state index in [-0.39, 0.29) is 5.91 Å². The van der Waals surface area contributed by atoms with Crippen molar-refractivity contribution in [3.63, 3.8) is 0 Å². The molecule has 1 rings (SSSR count). The molecule has 0 aliphatic carbocycles. The summed E-state index contributed by atoms with van der Waals surface area (Å²) in [4.78, 5) is 11.6. The molecule has 0 saturated carbocycles. The van der Waals surface area contributed by atoms with Crippen molar-refractivity contribution in [1.82, 2.24) is 5.32 Å². The van der Waals surface area contributed by atoms with Crippen molar-refractivity contribution in [3.8, 4) is 0 Å². The summed E-state index contributed by atoms with van der Waals surface area (Å²) in [5.41, 5.74) is 1.08. The van der Waals surface area contributed by atoms with Crippen molar-refractivity contribution in [2.45, 2.75) is 18.4 Å². The minimum atomic E-state index is -0.0164. The van der Waals surface area contributed by atoms with Crippen LogP contribution in [0.15, 0.2) is 29.2 Å². The van der Waals surface area contributed by atoms with Crippen molar-refractivity contribution in [1.29, 1.82) is 0 Å². The Labute approximate surface area is 81.8 Å². The summed E-state index contributed by atoms with van der Waals surface area (Å²) >= 11 is 1.21. The van der Waals surface area contributed by atoms with Gasteiger partial charge in [0, 0.05) is 18.4 Å². The first-order valence-electron chi connectivity index (χ1n) is 3.92. The highest BCUT2D eigenvalue weighted by Gasteiger charge is 1.94. The van der Waals surface area contributed by atoms with Gasteiger partial charge in [0.05, 0.1) is 0 Å². The molecule has 0 aliphatic rings. The van der Waals surface area contributed by atoms with Gasteiger partial charge in [0.2, 0.25) is 5.91 Å². The molecule has 3 N–H and O–H groups in total. The third-order valence-electron chi connectivity index (χ3n) is 1.60. The molecule has 13 heavy (non-hydrogen) atoms. The molecule has 1 amide bonds. The second kappa shape index (κ2) is 4.89. The van der Waals surface area contributed by atoms with Gasteiger partial charge in [-0.2, -0.15) is 0 Å². The van der Waals surface area contributed by atoms with Gasteiger partial charge in [-0.05, 0) is 29.6 Å². The Bertz CT molecular complexity index is 284. The van der Waals surface area contributed by atoms with Crippen LogP contribution in [0.3, 0.4) is 0 Å². The van der Waals surface area contributed by atoms with Gasteiger partial charge in [-0.25, -0.2) is 0 Å². The Morgan fingerprint density at radius 1 is 1.46 bits per heavy atom.